The molecule has 1 aromatic carbocycles. The van der Waals surface area contributed by atoms with Crippen LogP contribution in [0, 0.1) is 11.3 Å². The van der Waals surface area contributed by atoms with E-state index in [2.05, 4.69) is 6.07 Å². The number of rotatable bonds is 2. The Morgan fingerprint density at radius 3 is 2.83 bits per heavy atom. The molecule has 0 saturated carbocycles. The fourth-order valence-electron chi connectivity index (χ4n) is 3.19. The van der Waals surface area contributed by atoms with Gasteiger partial charge in [0.1, 0.15) is 6.10 Å². The highest BCUT2D eigenvalue weighted by molar-refractivity contribution is 5.44. The predicted molar refractivity (Wildman–Crippen MR) is 88.2 cm³/mol. The van der Waals surface area contributed by atoms with E-state index >= 15 is 0 Å². The van der Waals surface area contributed by atoms with Crippen LogP contribution >= 0.6 is 0 Å². The van der Waals surface area contributed by atoms with E-state index in [9.17, 15) is 10.1 Å². The molecule has 118 valence electrons. The van der Waals surface area contributed by atoms with Crippen LogP contribution in [-0.4, -0.2) is 10.2 Å². The van der Waals surface area contributed by atoms with Crippen LogP contribution in [-0.2, 0) is 17.7 Å². The SMILES string of the molecule is CCn1cccc(C2OC(C)(C)Cc3ccc(C#N)cc32)c1=O. The van der Waals surface area contributed by atoms with Crippen molar-refractivity contribution in [1.29, 1.82) is 5.26 Å². The molecule has 0 aliphatic carbocycles. The highest BCUT2D eigenvalue weighted by atomic mass is 16.5. The lowest BCUT2D eigenvalue weighted by atomic mass is 9.85. The first-order chi connectivity index (χ1) is 10.9. The Bertz CT molecular complexity index is 843. The van der Waals surface area contributed by atoms with Gasteiger partial charge in [-0.15, -0.1) is 0 Å². The molecule has 0 fully saturated rings. The van der Waals surface area contributed by atoms with Crippen molar-refractivity contribution >= 4 is 0 Å². The molecular formula is C19H20N2O2. The number of benzene rings is 1. The molecule has 2 heterocycles. The summed E-state index contributed by atoms with van der Waals surface area (Å²) in [5.74, 6) is 0. The molecule has 1 aliphatic rings. The second-order valence-corrected chi connectivity index (χ2v) is 6.51. The third-order valence-electron chi connectivity index (χ3n) is 4.28. The van der Waals surface area contributed by atoms with Gasteiger partial charge in [0.15, 0.2) is 0 Å². The predicted octanol–water partition coefficient (Wildman–Crippen LogP) is 3.18. The summed E-state index contributed by atoms with van der Waals surface area (Å²) in [6.45, 7) is 6.62. The number of hydrogen-bond donors (Lipinski definition) is 0. The second kappa shape index (κ2) is 5.68. The number of ether oxygens (including phenoxy) is 1. The van der Waals surface area contributed by atoms with Gasteiger partial charge in [-0.25, -0.2) is 0 Å². The molecule has 1 aromatic heterocycles. The third kappa shape index (κ3) is 2.80. The molecule has 2 aromatic rings. The Morgan fingerprint density at radius 1 is 1.35 bits per heavy atom. The van der Waals surface area contributed by atoms with Gasteiger partial charge in [0.2, 0.25) is 0 Å². The maximum absolute atomic E-state index is 12.7. The van der Waals surface area contributed by atoms with Gasteiger partial charge in [0.05, 0.1) is 22.8 Å². The van der Waals surface area contributed by atoms with E-state index < -0.39 is 6.10 Å². The highest BCUT2D eigenvalue weighted by Crippen LogP contribution is 2.38. The largest absolute Gasteiger partial charge is 0.362 e. The summed E-state index contributed by atoms with van der Waals surface area (Å²) < 4.78 is 7.92. The van der Waals surface area contributed by atoms with Crippen LogP contribution < -0.4 is 5.56 Å². The third-order valence-corrected chi connectivity index (χ3v) is 4.28. The summed E-state index contributed by atoms with van der Waals surface area (Å²) in [5, 5.41) is 9.18. The quantitative estimate of drug-likeness (QED) is 0.856. The van der Waals surface area contributed by atoms with Crippen molar-refractivity contribution in [3.63, 3.8) is 0 Å². The minimum atomic E-state index is -0.437. The first kappa shape index (κ1) is 15.5. The maximum atomic E-state index is 12.7. The van der Waals surface area contributed by atoms with Gasteiger partial charge < -0.3 is 9.30 Å². The average Bonchev–Trinajstić information content (AvgIpc) is 2.53. The van der Waals surface area contributed by atoms with E-state index in [1.807, 2.05) is 51.1 Å². The van der Waals surface area contributed by atoms with E-state index in [1.54, 1.807) is 10.8 Å². The number of nitriles is 1. The molecule has 1 unspecified atom stereocenters. The molecule has 0 amide bonds. The summed E-state index contributed by atoms with van der Waals surface area (Å²) in [4.78, 5) is 12.7. The van der Waals surface area contributed by atoms with Gasteiger partial charge in [-0.3, -0.25) is 4.79 Å². The summed E-state index contributed by atoms with van der Waals surface area (Å²) in [5.41, 5.74) is 2.88. The fourth-order valence-corrected chi connectivity index (χ4v) is 3.19. The van der Waals surface area contributed by atoms with Crippen LogP contribution in [0.2, 0.25) is 0 Å². The molecule has 0 N–H and O–H groups in total. The lowest BCUT2D eigenvalue weighted by Crippen LogP contribution is -2.37. The first-order valence-corrected chi connectivity index (χ1v) is 7.85. The number of hydrogen-bond acceptors (Lipinski definition) is 3. The fraction of sp³-hybridized carbons (Fsp3) is 0.368. The van der Waals surface area contributed by atoms with Gasteiger partial charge in [0.25, 0.3) is 5.56 Å². The monoisotopic (exact) mass is 308 g/mol. The lowest BCUT2D eigenvalue weighted by Gasteiger charge is -2.37. The molecule has 0 bridgehead atoms. The van der Waals surface area contributed by atoms with Crippen molar-refractivity contribution in [3.8, 4) is 6.07 Å². The molecule has 0 saturated heterocycles. The molecule has 1 atom stereocenters. The molecule has 1 aliphatic heterocycles. The Kier molecular flexibility index (Phi) is 3.83. The van der Waals surface area contributed by atoms with Crippen LogP contribution in [0.3, 0.4) is 0 Å². The molecule has 3 rings (SSSR count). The van der Waals surface area contributed by atoms with E-state index in [1.165, 1.54) is 0 Å². The van der Waals surface area contributed by atoms with Crippen molar-refractivity contribution in [2.45, 2.75) is 45.4 Å². The highest BCUT2D eigenvalue weighted by Gasteiger charge is 2.35. The standard InChI is InChI=1S/C19H20N2O2/c1-4-21-9-5-6-15(18(21)22)17-16-10-13(12-20)7-8-14(16)11-19(2,3)23-17/h5-10,17H,4,11H2,1-3H3. The first-order valence-electron chi connectivity index (χ1n) is 7.85. The number of pyridine rings is 1. The van der Waals surface area contributed by atoms with Gasteiger partial charge in [-0.05, 0) is 56.2 Å². The molecule has 0 spiro atoms. The molecule has 0 radical (unpaired) electrons. The zero-order valence-corrected chi connectivity index (χ0v) is 13.7. The molecular weight excluding hydrogens is 288 g/mol. The van der Waals surface area contributed by atoms with E-state index in [4.69, 9.17) is 4.74 Å². The Labute approximate surface area is 135 Å². The smallest absolute Gasteiger partial charge is 0.256 e. The summed E-state index contributed by atoms with van der Waals surface area (Å²) in [6.07, 6.45) is 2.11. The van der Waals surface area contributed by atoms with Gasteiger partial charge in [-0.1, -0.05) is 6.07 Å². The number of aryl methyl sites for hydroxylation is 1. The topological polar surface area (TPSA) is 55.0 Å². The van der Waals surface area contributed by atoms with Crippen molar-refractivity contribution < 1.29 is 4.74 Å². The van der Waals surface area contributed by atoms with Crippen LogP contribution in [0.4, 0.5) is 0 Å². The summed E-state index contributed by atoms with van der Waals surface area (Å²) in [6, 6.07) is 11.5. The number of fused-ring (bicyclic) bond motifs is 1. The molecule has 23 heavy (non-hydrogen) atoms. The van der Waals surface area contributed by atoms with Gasteiger partial charge >= 0.3 is 0 Å². The average molecular weight is 308 g/mol. The maximum Gasteiger partial charge on any atom is 0.256 e. The second-order valence-electron chi connectivity index (χ2n) is 6.51. The van der Waals surface area contributed by atoms with Crippen molar-refractivity contribution in [2.24, 2.45) is 0 Å². The Balaban J connectivity index is 2.20. The van der Waals surface area contributed by atoms with Crippen LogP contribution in [0.1, 0.15) is 49.1 Å². The summed E-state index contributed by atoms with van der Waals surface area (Å²) >= 11 is 0. The van der Waals surface area contributed by atoms with Crippen LogP contribution in [0.5, 0.6) is 0 Å². The van der Waals surface area contributed by atoms with Gasteiger partial charge in [-0.2, -0.15) is 5.26 Å². The van der Waals surface area contributed by atoms with E-state index in [0.29, 0.717) is 17.7 Å². The van der Waals surface area contributed by atoms with E-state index in [-0.39, 0.29) is 11.2 Å². The summed E-state index contributed by atoms with van der Waals surface area (Å²) in [7, 11) is 0. The van der Waals surface area contributed by atoms with Crippen molar-refractivity contribution in [1.82, 2.24) is 4.57 Å². The Hall–Kier alpha value is -2.38. The normalized spacial score (nSPS) is 19.0. The minimum Gasteiger partial charge on any atom is -0.362 e. The van der Waals surface area contributed by atoms with E-state index in [0.717, 1.165) is 17.5 Å². The van der Waals surface area contributed by atoms with Crippen LogP contribution in [0.15, 0.2) is 41.3 Å². The minimum absolute atomic E-state index is 0.0361. The zero-order chi connectivity index (χ0) is 16.6. The molecule has 4 heteroatoms. The van der Waals surface area contributed by atoms with Crippen molar-refractivity contribution in [3.05, 3.63) is 69.1 Å². The van der Waals surface area contributed by atoms with Crippen molar-refractivity contribution in [2.75, 3.05) is 0 Å². The number of aromatic nitrogens is 1. The zero-order valence-electron chi connectivity index (χ0n) is 13.7. The lowest BCUT2D eigenvalue weighted by molar-refractivity contribution is -0.0675. The van der Waals surface area contributed by atoms with Crippen LogP contribution in [0.25, 0.3) is 0 Å². The number of nitrogens with zero attached hydrogens (tertiary/aromatic N) is 2. The molecule has 4 nitrogen and oxygen atoms in total. The van der Waals surface area contributed by atoms with Gasteiger partial charge in [0, 0.05) is 19.2 Å². The Morgan fingerprint density at radius 2 is 2.13 bits per heavy atom.